The first kappa shape index (κ1) is 11.4. The Morgan fingerprint density at radius 2 is 1.67 bits per heavy atom. The van der Waals surface area contributed by atoms with Crippen molar-refractivity contribution in [1.29, 1.82) is 5.26 Å². The van der Waals surface area contributed by atoms with E-state index < -0.39 is 0 Å². The lowest BCUT2D eigenvalue weighted by Crippen LogP contribution is -2.32. The molecule has 0 unspecified atom stereocenters. The molecule has 0 aromatic rings. The van der Waals surface area contributed by atoms with E-state index in [1.165, 1.54) is 4.90 Å². The summed E-state index contributed by atoms with van der Waals surface area (Å²) in [4.78, 5) is 24.4. The topological polar surface area (TPSA) is 61.2 Å². The van der Waals surface area contributed by atoms with Crippen LogP contribution in [-0.4, -0.2) is 23.3 Å². The van der Waals surface area contributed by atoms with Crippen LogP contribution in [0.15, 0.2) is 11.1 Å². The van der Waals surface area contributed by atoms with Gasteiger partial charge in [-0.1, -0.05) is 0 Å². The van der Waals surface area contributed by atoms with Crippen LogP contribution in [0.1, 0.15) is 33.1 Å². The largest absolute Gasteiger partial charge is 0.275 e. The second kappa shape index (κ2) is 4.74. The zero-order valence-corrected chi connectivity index (χ0v) is 9.04. The first-order valence-corrected chi connectivity index (χ1v) is 5.00. The van der Waals surface area contributed by atoms with Crippen molar-refractivity contribution < 1.29 is 9.59 Å². The fourth-order valence-electron chi connectivity index (χ4n) is 1.49. The van der Waals surface area contributed by atoms with E-state index in [0.717, 1.165) is 6.42 Å². The SMILES string of the molecule is CC1=C(C)C(=O)N(CCCCC#N)C1=O. The van der Waals surface area contributed by atoms with Gasteiger partial charge in [0.1, 0.15) is 0 Å². The molecule has 0 saturated heterocycles. The summed E-state index contributed by atoms with van der Waals surface area (Å²) in [5, 5.41) is 8.34. The number of nitrogens with zero attached hydrogens (tertiary/aromatic N) is 2. The Morgan fingerprint density at radius 1 is 1.13 bits per heavy atom. The van der Waals surface area contributed by atoms with Gasteiger partial charge in [0.05, 0.1) is 6.07 Å². The van der Waals surface area contributed by atoms with Crippen molar-refractivity contribution in [2.75, 3.05) is 6.54 Å². The van der Waals surface area contributed by atoms with E-state index in [4.69, 9.17) is 5.26 Å². The molecule has 0 radical (unpaired) electrons. The summed E-state index contributed by atoms with van der Waals surface area (Å²) in [5.74, 6) is -0.371. The predicted octanol–water partition coefficient (Wildman–Crippen LogP) is 1.39. The van der Waals surface area contributed by atoms with Gasteiger partial charge in [-0.3, -0.25) is 14.5 Å². The van der Waals surface area contributed by atoms with Gasteiger partial charge in [0.2, 0.25) is 0 Å². The van der Waals surface area contributed by atoms with Gasteiger partial charge < -0.3 is 0 Å². The van der Waals surface area contributed by atoms with Gasteiger partial charge >= 0.3 is 0 Å². The highest BCUT2D eigenvalue weighted by Gasteiger charge is 2.32. The number of hydrogen-bond donors (Lipinski definition) is 0. The van der Waals surface area contributed by atoms with Gasteiger partial charge in [-0.25, -0.2) is 0 Å². The van der Waals surface area contributed by atoms with Gasteiger partial charge in [-0.05, 0) is 26.7 Å². The van der Waals surface area contributed by atoms with Crippen LogP contribution in [0, 0.1) is 11.3 Å². The van der Waals surface area contributed by atoms with Gasteiger partial charge in [0.25, 0.3) is 11.8 Å². The summed E-state index contributed by atoms with van der Waals surface area (Å²) in [7, 11) is 0. The minimum atomic E-state index is -0.186. The molecule has 0 aliphatic carbocycles. The normalized spacial score (nSPS) is 16.2. The van der Waals surface area contributed by atoms with E-state index in [-0.39, 0.29) is 11.8 Å². The number of nitriles is 1. The number of amides is 2. The molecule has 1 rings (SSSR count). The second-order valence-corrected chi connectivity index (χ2v) is 3.63. The molecule has 0 aromatic carbocycles. The summed E-state index contributed by atoms with van der Waals surface area (Å²) >= 11 is 0. The van der Waals surface area contributed by atoms with Gasteiger partial charge in [0, 0.05) is 24.1 Å². The minimum Gasteiger partial charge on any atom is -0.275 e. The van der Waals surface area contributed by atoms with Crippen molar-refractivity contribution in [3.05, 3.63) is 11.1 Å². The van der Waals surface area contributed by atoms with Crippen molar-refractivity contribution in [2.45, 2.75) is 33.1 Å². The standard InChI is InChI=1S/C11H14N2O2/c1-8-9(2)11(15)13(10(8)14)7-5-3-4-6-12/h3-5,7H2,1-2H3. The average molecular weight is 206 g/mol. The lowest BCUT2D eigenvalue weighted by molar-refractivity contribution is -0.137. The Hall–Kier alpha value is -1.63. The molecule has 0 spiro atoms. The second-order valence-electron chi connectivity index (χ2n) is 3.63. The lowest BCUT2D eigenvalue weighted by atomic mass is 10.2. The van der Waals surface area contributed by atoms with Crippen LogP contribution in [0.25, 0.3) is 0 Å². The third-order valence-electron chi connectivity index (χ3n) is 2.61. The summed E-state index contributed by atoms with van der Waals surface area (Å²) in [6.07, 6.45) is 1.90. The molecule has 0 aromatic heterocycles. The van der Waals surface area contributed by atoms with E-state index in [2.05, 4.69) is 0 Å². The number of hydrogen-bond acceptors (Lipinski definition) is 3. The fourth-order valence-corrected chi connectivity index (χ4v) is 1.49. The van der Waals surface area contributed by atoms with E-state index in [0.29, 0.717) is 30.5 Å². The van der Waals surface area contributed by atoms with Crippen LogP contribution in [0.3, 0.4) is 0 Å². The summed E-state index contributed by atoms with van der Waals surface area (Å²) in [5.41, 5.74) is 1.08. The Bertz CT molecular complexity index is 339. The Morgan fingerprint density at radius 3 is 2.13 bits per heavy atom. The van der Waals surface area contributed by atoms with Gasteiger partial charge in [-0.15, -0.1) is 0 Å². The third kappa shape index (κ3) is 2.24. The zero-order chi connectivity index (χ0) is 11.4. The van der Waals surface area contributed by atoms with E-state index >= 15 is 0 Å². The maximum atomic E-state index is 11.6. The van der Waals surface area contributed by atoms with Gasteiger partial charge in [-0.2, -0.15) is 5.26 Å². The molecule has 0 saturated carbocycles. The first-order valence-electron chi connectivity index (χ1n) is 5.00. The number of unbranched alkanes of at least 4 members (excludes halogenated alkanes) is 2. The molecular formula is C11H14N2O2. The number of carbonyl (C=O) groups excluding carboxylic acids is 2. The molecule has 1 aliphatic rings. The van der Waals surface area contributed by atoms with Crippen LogP contribution < -0.4 is 0 Å². The molecule has 2 amide bonds. The zero-order valence-electron chi connectivity index (χ0n) is 9.04. The molecule has 0 atom stereocenters. The van der Waals surface area contributed by atoms with Gasteiger partial charge in [0.15, 0.2) is 0 Å². The molecule has 0 bridgehead atoms. The van der Waals surface area contributed by atoms with Crippen molar-refractivity contribution >= 4 is 11.8 Å². The van der Waals surface area contributed by atoms with Crippen LogP contribution in [0.4, 0.5) is 0 Å². The third-order valence-corrected chi connectivity index (χ3v) is 2.61. The Kier molecular flexibility index (Phi) is 3.62. The maximum Gasteiger partial charge on any atom is 0.256 e. The monoisotopic (exact) mass is 206 g/mol. The highest BCUT2D eigenvalue weighted by molar-refractivity contribution is 6.18. The summed E-state index contributed by atoms with van der Waals surface area (Å²) in [6.45, 7) is 3.77. The summed E-state index contributed by atoms with van der Waals surface area (Å²) in [6, 6.07) is 2.03. The van der Waals surface area contributed by atoms with E-state index in [1.54, 1.807) is 13.8 Å². The molecule has 4 nitrogen and oxygen atoms in total. The van der Waals surface area contributed by atoms with Crippen LogP contribution in [-0.2, 0) is 9.59 Å². The van der Waals surface area contributed by atoms with E-state index in [9.17, 15) is 9.59 Å². The molecule has 0 N–H and O–H groups in total. The fraction of sp³-hybridized carbons (Fsp3) is 0.545. The predicted molar refractivity (Wildman–Crippen MR) is 54.6 cm³/mol. The lowest BCUT2D eigenvalue weighted by Gasteiger charge is -2.13. The molecule has 1 heterocycles. The first-order chi connectivity index (χ1) is 7.09. The average Bonchev–Trinajstić information content (AvgIpc) is 2.41. The maximum absolute atomic E-state index is 11.6. The molecule has 0 fully saturated rings. The minimum absolute atomic E-state index is 0.186. The number of carbonyl (C=O) groups is 2. The smallest absolute Gasteiger partial charge is 0.256 e. The molecule has 1 aliphatic heterocycles. The summed E-state index contributed by atoms with van der Waals surface area (Å²) < 4.78 is 0. The molecule has 15 heavy (non-hydrogen) atoms. The Balaban J connectivity index is 2.50. The highest BCUT2D eigenvalue weighted by Crippen LogP contribution is 2.19. The van der Waals surface area contributed by atoms with Crippen LogP contribution >= 0.6 is 0 Å². The number of imide groups is 1. The van der Waals surface area contributed by atoms with Crippen molar-refractivity contribution in [2.24, 2.45) is 0 Å². The molecular weight excluding hydrogens is 192 g/mol. The van der Waals surface area contributed by atoms with Crippen LogP contribution in [0.5, 0.6) is 0 Å². The van der Waals surface area contributed by atoms with E-state index in [1.807, 2.05) is 6.07 Å². The van der Waals surface area contributed by atoms with Crippen molar-refractivity contribution in [3.63, 3.8) is 0 Å². The number of rotatable bonds is 4. The highest BCUT2D eigenvalue weighted by atomic mass is 16.2. The molecule has 4 heteroatoms. The molecule has 80 valence electrons. The Labute approximate surface area is 89.2 Å². The quantitative estimate of drug-likeness (QED) is 0.515. The van der Waals surface area contributed by atoms with Crippen molar-refractivity contribution in [1.82, 2.24) is 4.90 Å². The van der Waals surface area contributed by atoms with Crippen molar-refractivity contribution in [3.8, 4) is 6.07 Å². The van der Waals surface area contributed by atoms with Crippen LogP contribution in [0.2, 0.25) is 0 Å².